The molecule has 124 valence electrons. The molecule has 1 amide bonds. The van der Waals surface area contributed by atoms with Gasteiger partial charge in [0.2, 0.25) is 0 Å². The van der Waals surface area contributed by atoms with Crippen LogP contribution in [-0.2, 0) is 6.54 Å². The van der Waals surface area contributed by atoms with E-state index in [2.05, 4.69) is 4.98 Å². The zero-order chi connectivity index (χ0) is 17.1. The minimum atomic E-state index is -0.293. The average Bonchev–Trinajstić information content (AvgIpc) is 3.22. The molecule has 3 nitrogen and oxygen atoms in total. The molecule has 0 spiro atoms. The summed E-state index contributed by atoms with van der Waals surface area (Å²) in [6.45, 7) is 3.02. The third kappa shape index (κ3) is 3.83. The van der Waals surface area contributed by atoms with Gasteiger partial charge in [0, 0.05) is 22.4 Å². The topological polar surface area (TPSA) is 33.2 Å². The van der Waals surface area contributed by atoms with E-state index >= 15 is 0 Å². The summed E-state index contributed by atoms with van der Waals surface area (Å²) >= 11 is 8.78. The van der Waals surface area contributed by atoms with Crippen molar-refractivity contribution in [3.8, 4) is 10.6 Å². The van der Waals surface area contributed by atoms with E-state index in [9.17, 15) is 9.18 Å². The molecule has 0 aliphatic rings. The highest BCUT2D eigenvalue weighted by Gasteiger charge is 2.19. The smallest absolute Gasteiger partial charge is 0.273 e. The summed E-state index contributed by atoms with van der Waals surface area (Å²) in [6, 6.07) is 9.85. The average molecular weight is 381 g/mol. The quantitative estimate of drug-likeness (QED) is 0.599. The van der Waals surface area contributed by atoms with E-state index in [0.29, 0.717) is 28.1 Å². The van der Waals surface area contributed by atoms with Crippen molar-refractivity contribution in [1.29, 1.82) is 0 Å². The van der Waals surface area contributed by atoms with Crippen molar-refractivity contribution in [2.45, 2.75) is 13.5 Å². The van der Waals surface area contributed by atoms with E-state index in [1.165, 1.54) is 34.8 Å². The first kappa shape index (κ1) is 17.1. The Morgan fingerprint density at radius 2 is 2.00 bits per heavy atom. The van der Waals surface area contributed by atoms with Gasteiger partial charge >= 0.3 is 0 Å². The Hall–Kier alpha value is -1.76. The van der Waals surface area contributed by atoms with Gasteiger partial charge in [0.1, 0.15) is 16.5 Å². The highest BCUT2D eigenvalue weighted by molar-refractivity contribution is 7.16. The van der Waals surface area contributed by atoms with Gasteiger partial charge in [0.15, 0.2) is 0 Å². The van der Waals surface area contributed by atoms with Gasteiger partial charge in [0.25, 0.3) is 5.91 Å². The molecule has 3 aromatic rings. The molecule has 0 saturated carbocycles. The largest absolute Gasteiger partial charge is 0.332 e. The zero-order valence-corrected chi connectivity index (χ0v) is 15.2. The predicted octanol–water partition coefficient (Wildman–Crippen LogP) is 5.33. The van der Waals surface area contributed by atoms with Crippen molar-refractivity contribution in [2.75, 3.05) is 6.54 Å². The number of hydrogen-bond donors (Lipinski definition) is 0. The number of carbonyl (C=O) groups excluding carboxylic acids is 1. The first-order valence-corrected chi connectivity index (χ1v) is 9.39. The number of thiophene rings is 1. The van der Waals surface area contributed by atoms with Crippen LogP contribution in [0.2, 0.25) is 4.34 Å². The molecule has 0 atom stereocenters. The fraction of sp³-hybridized carbons (Fsp3) is 0.176. The molecule has 0 radical (unpaired) electrons. The SMILES string of the molecule is CCN(Cc1ccc(Cl)s1)C(=O)c1csc(-c2ccc(F)cc2)n1. The summed E-state index contributed by atoms with van der Waals surface area (Å²) in [5.74, 6) is -0.412. The lowest BCUT2D eigenvalue weighted by molar-refractivity contribution is 0.0749. The lowest BCUT2D eigenvalue weighted by atomic mass is 10.2. The maximum absolute atomic E-state index is 13.0. The highest BCUT2D eigenvalue weighted by Crippen LogP contribution is 2.26. The van der Waals surface area contributed by atoms with Gasteiger partial charge in [-0.15, -0.1) is 22.7 Å². The van der Waals surface area contributed by atoms with Crippen molar-refractivity contribution in [3.05, 3.63) is 62.5 Å². The van der Waals surface area contributed by atoms with Crippen LogP contribution in [-0.4, -0.2) is 22.3 Å². The van der Waals surface area contributed by atoms with Crippen LogP contribution in [0.3, 0.4) is 0 Å². The van der Waals surface area contributed by atoms with Crippen molar-refractivity contribution >= 4 is 40.2 Å². The standard InChI is InChI=1S/C17H14ClFN2OS2/c1-2-21(9-13-7-8-15(18)24-13)17(22)14-10-23-16(20-14)11-3-5-12(19)6-4-11/h3-8,10H,2,9H2,1H3. The Balaban J connectivity index is 1.77. The molecular weight excluding hydrogens is 367 g/mol. The van der Waals surface area contributed by atoms with Crippen LogP contribution in [0, 0.1) is 5.82 Å². The first-order chi connectivity index (χ1) is 11.6. The summed E-state index contributed by atoms with van der Waals surface area (Å²) in [7, 11) is 0. The van der Waals surface area contributed by atoms with Gasteiger partial charge in [-0.3, -0.25) is 4.79 Å². The third-order valence-corrected chi connectivity index (χ3v) is 5.57. The van der Waals surface area contributed by atoms with E-state index in [0.717, 1.165) is 10.4 Å². The Kier molecular flexibility index (Phi) is 5.28. The molecule has 0 N–H and O–H groups in total. The van der Waals surface area contributed by atoms with Crippen LogP contribution in [0.25, 0.3) is 10.6 Å². The van der Waals surface area contributed by atoms with Crippen LogP contribution in [0.5, 0.6) is 0 Å². The Bertz CT molecular complexity index is 844. The Morgan fingerprint density at radius 1 is 1.25 bits per heavy atom. The van der Waals surface area contributed by atoms with Gasteiger partial charge in [-0.05, 0) is 43.3 Å². The molecule has 0 unspecified atom stereocenters. The van der Waals surface area contributed by atoms with Gasteiger partial charge in [0.05, 0.1) is 10.9 Å². The molecule has 0 saturated heterocycles. The highest BCUT2D eigenvalue weighted by atomic mass is 35.5. The van der Waals surface area contributed by atoms with Crippen LogP contribution < -0.4 is 0 Å². The maximum atomic E-state index is 13.0. The number of aromatic nitrogens is 1. The zero-order valence-electron chi connectivity index (χ0n) is 12.8. The molecule has 0 fully saturated rings. The molecule has 3 rings (SSSR count). The van der Waals surface area contributed by atoms with E-state index in [-0.39, 0.29) is 11.7 Å². The van der Waals surface area contributed by atoms with Crippen LogP contribution >= 0.6 is 34.3 Å². The predicted molar refractivity (Wildman–Crippen MR) is 97.3 cm³/mol. The first-order valence-electron chi connectivity index (χ1n) is 7.31. The van der Waals surface area contributed by atoms with E-state index in [1.54, 1.807) is 22.4 Å². The van der Waals surface area contributed by atoms with Gasteiger partial charge in [-0.2, -0.15) is 0 Å². The second-order valence-corrected chi connectivity index (χ2v) is 7.73. The summed E-state index contributed by atoms with van der Waals surface area (Å²) < 4.78 is 13.7. The van der Waals surface area contributed by atoms with Crippen LogP contribution in [0.1, 0.15) is 22.3 Å². The lowest BCUT2D eigenvalue weighted by Gasteiger charge is -2.18. The molecule has 7 heteroatoms. The molecule has 0 bridgehead atoms. The molecule has 24 heavy (non-hydrogen) atoms. The molecule has 2 heterocycles. The summed E-state index contributed by atoms with van der Waals surface area (Å²) in [4.78, 5) is 19.8. The number of amides is 1. The molecule has 0 aliphatic carbocycles. The van der Waals surface area contributed by atoms with Gasteiger partial charge < -0.3 is 4.90 Å². The van der Waals surface area contributed by atoms with Crippen molar-refractivity contribution in [3.63, 3.8) is 0 Å². The van der Waals surface area contributed by atoms with Gasteiger partial charge in [-0.1, -0.05) is 11.6 Å². The number of rotatable bonds is 5. The molecular formula is C17H14ClFN2OS2. The van der Waals surface area contributed by atoms with Crippen molar-refractivity contribution < 1.29 is 9.18 Å². The lowest BCUT2D eigenvalue weighted by Crippen LogP contribution is -2.30. The maximum Gasteiger partial charge on any atom is 0.273 e. The van der Waals surface area contributed by atoms with Crippen molar-refractivity contribution in [1.82, 2.24) is 9.88 Å². The number of carbonyl (C=O) groups is 1. The van der Waals surface area contributed by atoms with E-state index in [1.807, 2.05) is 19.1 Å². The number of benzene rings is 1. The fourth-order valence-electron chi connectivity index (χ4n) is 2.21. The third-order valence-electron chi connectivity index (χ3n) is 3.46. The summed E-state index contributed by atoms with van der Waals surface area (Å²) in [5.41, 5.74) is 1.21. The number of nitrogens with zero attached hydrogens (tertiary/aromatic N) is 2. The minimum Gasteiger partial charge on any atom is -0.332 e. The van der Waals surface area contributed by atoms with Crippen LogP contribution in [0.15, 0.2) is 41.8 Å². The number of hydrogen-bond acceptors (Lipinski definition) is 4. The number of thiazole rings is 1. The van der Waals surface area contributed by atoms with Crippen LogP contribution in [0.4, 0.5) is 4.39 Å². The minimum absolute atomic E-state index is 0.119. The Labute approximate surface area is 152 Å². The molecule has 1 aromatic carbocycles. The van der Waals surface area contributed by atoms with E-state index in [4.69, 9.17) is 11.6 Å². The normalized spacial score (nSPS) is 10.8. The molecule has 2 aromatic heterocycles. The Morgan fingerprint density at radius 3 is 2.62 bits per heavy atom. The molecule has 0 aliphatic heterocycles. The second kappa shape index (κ2) is 7.42. The second-order valence-electron chi connectivity index (χ2n) is 5.07. The van der Waals surface area contributed by atoms with Crippen molar-refractivity contribution in [2.24, 2.45) is 0 Å². The monoisotopic (exact) mass is 380 g/mol. The number of halogens is 2. The van der Waals surface area contributed by atoms with E-state index < -0.39 is 0 Å². The van der Waals surface area contributed by atoms with Gasteiger partial charge in [-0.25, -0.2) is 9.37 Å². The summed E-state index contributed by atoms with van der Waals surface area (Å²) in [6.07, 6.45) is 0. The summed E-state index contributed by atoms with van der Waals surface area (Å²) in [5, 5.41) is 2.44. The fourth-order valence-corrected chi connectivity index (χ4v) is 4.11.